The van der Waals surface area contributed by atoms with Crippen LogP contribution in [0.5, 0.6) is 5.75 Å². The largest absolute Gasteiger partial charge is 0.496 e. The molecule has 18 heavy (non-hydrogen) atoms. The van der Waals surface area contributed by atoms with Gasteiger partial charge in [0.1, 0.15) is 5.75 Å². The molecule has 0 saturated carbocycles. The minimum absolute atomic E-state index is 0.0436. The summed E-state index contributed by atoms with van der Waals surface area (Å²) >= 11 is 0. The molecular weight excluding hydrogens is 226 g/mol. The highest BCUT2D eigenvalue weighted by molar-refractivity contribution is 5.60. The Morgan fingerprint density at radius 2 is 1.89 bits per heavy atom. The molecule has 0 saturated heterocycles. The van der Waals surface area contributed by atoms with E-state index in [4.69, 9.17) is 10.5 Å². The monoisotopic (exact) mass is 251 g/mol. The molecule has 1 atom stereocenters. The number of hydrogen-bond donors (Lipinski definition) is 1. The average Bonchev–Trinajstić information content (AvgIpc) is 2.34. The highest BCUT2D eigenvalue weighted by atomic mass is 16.5. The molecule has 0 amide bonds. The molecule has 1 aromatic carbocycles. The van der Waals surface area contributed by atoms with Gasteiger partial charge < -0.3 is 20.3 Å². The lowest BCUT2D eigenvalue weighted by Gasteiger charge is -2.26. The van der Waals surface area contributed by atoms with E-state index in [1.165, 1.54) is 0 Å². The average molecular weight is 251 g/mol. The molecule has 0 bridgehead atoms. The Morgan fingerprint density at radius 3 is 2.39 bits per heavy atom. The number of nitrogens with zero attached hydrogens (tertiary/aromatic N) is 2. The molecule has 0 aliphatic carbocycles. The highest BCUT2D eigenvalue weighted by Gasteiger charge is 2.15. The summed E-state index contributed by atoms with van der Waals surface area (Å²) in [5.74, 6) is 0.860. The third-order valence-electron chi connectivity index (χ3n) is 3.01. The van der Waals surface area contributed by atoms with Crippen molar-refractivity contribution in [3.63, 3.8) is 0 Å². The predicted molar refractivity (Wildman–Crippen MR) is 77.4 cm³/mol. The molecule has 0 heterocycles. The Morgan fingerprint density at radius 1 is 1.22 bits per heavy atom. The molecule has 4 heteroatoms. The fourth-order valence-corrected chi connectivity index (χ4v) is 1.97. The summed E-state index contributed by atoms with van der Waals surface area (Å²) in [6, 6.07) is 6.02. The van der Waals surface area contributed by atoms with Crippen LogP contribution in [0.1, 0.15) is 18.5 Å². The van der Waals surface area contributed by atoms with Gasteiger partial charge in [-0.1, -0.05) is 6.07 Å². The highest BCUT2D eigenvalue weighted by Crippen LogP contribution is 2.32. The van der Waals surface area contributed by atoms with Crippen LogP contribution < -0.4 is 15.4 Å². The van der Waals surface area contributed by atoms with Crippen LogP contribution in [-0.2, 0) is 0 Å². The van der Waals surface area contributed by atoms with E-state index in [1.807, 2.05) is 19.1 Å². The molecule has 0 fully saturated rings. The first kappa shape index (κ1) is 14.8. The van der Waals surface area contributed by atoms with Gasteiger partial charge in [-0.05, 0) is 33.2 Å². The lowest BCUT2D eigenvalue weighted by molar-refractivity contribution is 0.405. The molecule has 0 unspecified atom stereocenters. The van der Waals surface area contributed by atoms with Gasteiger partial charge in [0.05, 0.1) is 7.11 Å². The molecule has 0 aromatic heterocycles. The Kier molecular flexibility index (Phi) is 5.44. The third kappa shape index (κ3) is 3.62. The van der Waals surface area contributed by atoms with E-state index in [0.717, 1.165) is 30.1 Å². The van der Waals surface area contributed by atoms with E-state index in [9.17, 15) is 0 Å². The van der Waals surface area contributed by atoms with E-state index >= 15 is 0 Å². The van der Waals surface area contributed by atoms with Crippen LogP contribution in [0.3, 0.4) is 0 Å². The maximum atomic E-state index is 6.07. The van der Waals surface area contributed by atoms with Crippen molar-refractivity contribution in [2.24, 2.45) is 5.73 Å². The van der Waals surface area contributed by atoms with Gasteiger partial charge in [-0.25, -0.2) is 0 Å². The molecule has 0 radical (unpaired) electrons. The van der Waals surface area contributed by atoms with Crippen LogP contribution in [0.25, 0.3) is 0 Å². The van der Waals surface area contributed by atoms with E-state index in [1.54, 1.807) is 7.11 Å². The first-order chi connectivity index (χ1) is 8.47. The third-order valence-corrected chi connectivity index (χ3v) is 3.01. The second-order valence-electron chi connectivity index (χ2n) is 4.91. The SMILES string of the molecule is COc1cccc(N(C)CCN(C)C)c1[C@H](C)N. The second-order valence-corrected chi connectivity index (χ2v) is 4.91. The smallest absolute Gasteiger partial charge is 0.125 e. The van der Waals surface area contributed by atoms with Gasteiger partial charge in [0, 0.05) is 37.4 Å². The van der Waals surface area contributed by atoms with Gasteiger partial charge in [-0.2, -0.15) is 0 Å². The van der Waals surface area contributed by atoms with E-state index < -0.39 is 0 Å². The quantitative estimate of drug-likeness (QED) is 0.836. The summed E-state index contributed by atoms with van der Waals surface area (Å²) in [7, 11) is 7.92. The number of benzene rings is 1. The van der Waals surface area contributed by atoms with Crippen molar-refractivity contribution in [3.8, 4) is 5.75 Å². The first-order valence-electron chi connectivity index (χ1n) is 6.25. The van der Waals surface area contributed by atoms with Crippen LogP contribution >= 0.6 is 0 Å². The molecule has 1 rings (SSSR count). The number of ether oxygens (including phenoxy) is 1. The maximum absolute atomic E-state index is 6.07. The molecule has 0 aliphatic heterocycles. The van der Waals surface area contributed by atoms with Crippen molar-refractivity contribution in [2.45, 2.75) is 13.0 Å². The fraction of sp³-hybridized carbons (Fsp3) is 0.571. The zero-order valence-corrected chi connectivity index (χ0v) is 12.1. The summed E-state index contributed by atoms with van der Waals surface area (Å²) in [5.41, 5.74) is 8.28. The zero-order valence-electron chi connectivity index (χ0n) is 12.1. The van der Waals surface area contributed by atoms with Crippen LogP contribution in [-0.4, -0.2) is 46.2 Å². The number of nitrogens with two attached hydrogens (primary N) is 1. The van der Waals surface area contributed by atoms with Gasteiger partial charge in [0.2, 0.25) is 0 Å². The van der Waals surface area contributed by atoms with Crippen molar-refractivity contribution in [3.05, 3.63) is 23.8 Å². The van der Waals surface area contributed by atoms with E-state index in [2.05, 4.69) is 37.0 Å². The summed E-state index contributed by atoms with van der Waals surface area (Å²) in [5, 5.41) is 0. The molecule has 4 nitrogen and oxygen atoms in total. The zero-order chi connectivity index (χ0) is 13.7. The van der Waals surface area contributed by atoms with Gasteiger partial charge in [-0.15, -0.1) is 0 Å². The first-order valence-corrected chi connectivity index (χ1v) is 6.25. The van der Waals surface area contributed by atoms with E-state index in [0.29, 0.717) is 0 Å². The normalized spacial score (nSPS) is 12.6. The maximum Gasteiger partial charge on any atom is 0.125 e. The Labute approximate surface area is 110 Å². The number of methoxy groups -OCH3 is 1. The van der Waals surface area contributed by atoms with Crippen molar-refractivity contribution >= 4 is 5.69 Å². The van der Waals surface area contributed by atoms with Crippen molar-refractivity contribution in [1.29, 1.82) is 0 Å². The van der Waals surface area contributed by atoms with Gasteiger partial charge >= 0.3 is 0 Å². The minimum atomic E-state index is -0.0436. The number of likely N-dealkylation sites (N-methyl/N-ethyl adjacent to an activating group) is 2. The van der Waals surface area contributed by atoms with E-state index in [-0.39, 0.29) is 6.04 Å². The van der Waals surface area contributed by atoms with Gasteiger partial charge in [0.15, 0.2) is 0 Å². The predicted octanol–water partition coefficient (Wildman–Crippen LogP) is 1.71. The van der Waals surface area contributed by atoms with Crippen LogP contribution in [0.4, 0.5) is 5.69 Å². The second kappa shape index (κ2) is 6.61. The Hall–Kier alpha value is -1.26. The topological polar surface area (TPSA) is 41.7 Å². The minimum Gasteiger partial charge on any atom is -0.496 e. The van der Waals surface area contributed by atoms with Crippen LogP contribution in [0.2, 0.25) is 0 Å². The van der Waals surface area contributed by atoms with Crippen molar-refractivity contribution in [2.75, 3.05) is 46.2 Å². The van der Waals surface area contributed by atoms with Crippen molar-refractivity contribution in [1.82, 2.24) is 4.90 Å². The van der Waals surface area contributed by atoms with Crippen LogP contribution in [0.15, 0.2) is 18.2 Å². The molecule has 102 valence electrons. The fourth-order valence-electron chi connectivity index (χ4n) is 1.97. The van der Waals surface area contributed by atoms with Crippen molar-refractivity contribution < 1.29 is 4.74 Å². The lowest BCUT2D eigenvalue weighted by Crippen LogP contribution is -2.29. The molecule has 2 N–H and O–H groups in total. The molecular formula is C14H25N3O. The Balaban J connectivity index is 2.99. The summed E-state index contributed by atoms with van der Waals surface area (Å²) < 4.78 is 5.41. The molecule has 0 aliphatic rings. The standard InChI is InChI=1S/C14H25N3O/c1-11(15)14-12(7-6-8-13(14)18-5)17(4)10-9-16(2)3/h6-8,11H,9-10,15H2,1-5H3/t11-/m0/s1. The molecule has 1 aromatic rings. The van der Waals surface area contributed by atoms with Crippen LogP contribution in [0, 0.1) is 0 Å². The number of anilines is 1. The summed E-state index contributed by atoms with van der Waals surface area (Å²) in [4.78, 5) is 4.39. The molecule has 0 spiro atoms. The summed E-state index contributed by atoms with van der Waals surface area (Å²) in [6.45, 7) is 3.95. The number of rotatable bonds is 6. The summed E-state index contributed by atoms with van der Waals surface area (Å²) in [6.07, 6.45) is 0. The van der Waals surface area contributed by atoms with Gasteiger partial charge in [0.25, 0.3) is 0 Å². The van der Waals surface area contributed by atoms with Gasteiger partial charge in [-0.3, -0.25) is 0 Å². The lowest BCUT2D eigenvalue weighted by atomic mass is 10.0. The number of hydrogen-bond acceptors (Lipinski definition) is 4. The Bertz CT molecular complexity index is 377.